The summed E-state index contributed by atoms with van der Waals surface area (Å²) in [7, 11) is 1.59. The predicted octanol–water partition coefficient (Wildman–Crippen LogP) is 4.54. The Morgan fingerprint density at radius 2 is 2.19 bits per heavy atom. The second-order valence-corrected chi connectivity index (χ2v) is 5.90. The molecule has 0 amide bonds. The molecule has 1 aromatic heterocycles. The van der Waals surface area contributed by atoms with Gasteiger partial charge in [-0.3, -0.25) is 9.98 Å². The first kappa shape index (κ1) is 20.2. The van der Waals surface area contributed by atoms with Crippen LogP contribution in [-0.4, -0.2) is 29.6 Å². The van der Waals surface area contributed by atoms with Gasteiger partial charge in [0, 0.05) is 16.7 Å². The number of aliphatic imine (C=N–C) groups is 1. The molecule has 0 saturated heterocycles. The lowest BCUT2D eigenvalue weighted by Gasteiger charge is -2.15. The van der Waals surface area contributed by atoms with Crippen molar-refractivity contribution in [3.05, 3.63) is 72.0 Å². The Balaban J connectivity index is 2.57. The molecule has 27 heavy (non-hydrogen) atoms. The van der Waals surface area contributed by atoms with E-state index in [0.29, 0.717) is 17.3 Å². The van der Waals surface area contributed by atoms with Crippen molar-refractivity contribution in [3.63, 3.8) is 0 Å². The molecule has 1 heterocycles. The topological polar surface area (TPSA) is 66.7 Å². The number of pyridine rings is 1. The SMILES string of the molecule is C=C(O)CN=C(N/C=C/CC)c1cc(-c2ccc(F)cn2)cc(OC)c1C. The number of methoxy groups -OCH3 is 1. The first-order valence-electron chi connectivity index (χ1n) is 8.60. The summed E-state index contributed by atoms with van der Waals surface area (Å²) in [6, 6.07) is 6.73. The van der Waals surface area contributed by atoms with Gasteiger partial charge in [-0.2, -0.15) is 0 Å². The van der Waals surface area contributed by atoms with E-state index in [-0.39, 0.29) is 12.3 Å². The monoisotopic (exact) mass is 369 g/mol. The lowest BCUT2D eigenvalue weighted by molar-refractivity contribution is 0.407. The maximum Gasteiger partial charge on any atom is 0.141 e. The van der Waals surface area contributed by atoms with Gasteiger partial charge in [0.25, 0.3) is 0 Å². The number of hydrogen-bond acceptors (Lipinski definition) is 4. The van der Waals surface area contributed by atoms with Crippen molar-refractivity contribution in [1.82, 2.24) is 10.3 Å². The summed E-state index contributed by atoms with van der Waals surface area (Å²) < 4.78 is 18.7. The minimum atomic E-state index is -0.395. The third-order valence-corrected chi connectivity index (χ3v) is 3.85. The van der Waals surface area contributed by atoms with Gasteiger partial charge in [-0.05, 0) is 43.8 Å². The summed E-state index contributed by atoms with van der Waals surface area (Å²) in [4.78, 5) is 8.56. The molecule has 0 spiro atoms. The number of aliphatic hydroxyl groups excluding tert-OH is 1. The molecule has 0 aliphatic carbocycles. The number of aromatic nitrogens is 1. The van der Waals surface area contributed by atoms with Gasteiger partial charge in [-0.15, -0.1) is 0 Å². The number of halogens is 1. The predicted molar refractivity (Wildman–Crippen MR) is 107 cm³/mol. The number of nitrogens with one attached hydrogen (secondary N) is 1. The summed E-state index contributed by atoms with van der Waals surface area (Å²) in [6.45, 7) is 7.50. The van der Waals surface area contributed by atoms with Gasteiger partial charge in [0.05, 0.1) is 25.5 Å². The first-order chi connectivity index (χ1) is 13.0. The van der Waals surface area contributed by atoms with Crippen LogP contribution in [0.1, 0.15) is 24.5 Å². The summed E-state index contributed by atoms with van der Waals surface area (Å²) in [5.41, 5.74) is 3.05. The van der Waals surface area contributed by atoms with Crippen LogP contribution < -0.4 is 10.1 Å². The highest BCUT2D eigenvalue weighted by Crippen LogP contribution is 2.29. The highest BCUT2D eigenvalue weighted by molar-refractivity contribution is 6.02. The minimum Gasteiger partial charge on any atom is -0.511 e. The lowest BCUT2D eigenvalue weighted by Crippen LogP contribution is -2.21. The number of aliphatic hydroxyl groups is 1. The number of rotatable bonds is 7. The van der Waals surface area contributed by atoms with E-state index < -0.39 is 5.82 Å². The van der Waals surface area contributed by atoms with E-state index in [1.54, 1.807) is 19.4 Å². The Morgan fingerprint density at radius 1 is 1.41 bits per heavy atom. The largest absolute Gasteiger partial charge is 0.511 e. The summed E-state index contributed by atoms with van der Waals surface area (Å²) in [5, 5.41) is 12.6. The second kappa shape index (κ2) is 9.52. The molecule has 0 unspecified atom stereocenters. The maximum atomic E-state index is 13.2. The van der Waals surface area contributed by atoms with E-state index in [0.717, 1.165) is 23.1 Å². The van der Waals surface area contributed by atoms with Gasteiger partial charge in [0.2, 0.25) is 0 Å². The average Bonchev–Trinajstić information content (AvgIpc) is 2.65. The van der Waals surface area contributed by atoms with Crippen LogP contribution >= 0.6 is 0 Å². The number of allylic oxidation sites excluding steroid dienone is 1. The number of ether oxygens (including phenoxy) is 1. The molecule has 6 heteroatoms. The molecule has 0 radical (unpaired) electrons. The fraction of sp³-hybridized carbons (Fsp3) is 0.238. The Morgan fingerprint density at radius 3 is 2.78 bits per heavy atom. The number of benzene rings is 1. The van der Waals surface area contributed by atoms with Crippen molar-refractivity contribution in [2.75, 3.05) is 13.7 Å². The molecule has 2 rings (SSSR count). The number of hydrogen-bond donors (Lipinski definition) is 2. The highest BCUT2D eigenvalue weighted by atomic mass is 19.1. The molecule has 142 valence electrons. The molecule has 1 aromatic carbocycles. The molecule has 0 fully saturated rings. The van der Waals surface area contributed by atoms with Crippen molar-refractivity contribution < 1.29 is 14.2 Å². The van der Waals surface area contributed by atoms with E-state index in [1.807, 2.05) is 32.1 Å². The van der Waals surface area contributed by atoms with Gasteiger partial charge < -0.3 is 15.2 Å². The third-order valence-electron chi connectivity index (χ3n) is 3.85. The van der Waals surface area contributed by atoms with Crippen LogP contribution in [0.2, 0.25) is 0 Å². The fourth-order valence-corrected chi connectivity index (χ4v) is 2.47. The molecule has 0 aliphatic heterocycles. The van der Waals surface area contributed by atoms with E-state index in [4.69, 9.17) is 4.74 Å². The Labute approximate surface area is 158 Å². The van der Waals surface area contributed by atoms with Crippen LogP contribution in [0.4, 0.5) is 4.39 Å². The van der Waals surface area contributed by atoms with Crippen LogP contribution in [0.5, 0.6) is 5.75 Å². The molecule has 0 saturated carbocycles. The fourth-order valence-electron chi connectivity index (χ4n) is 2.47. The molecule has 0 bridgehead atoms. The Kier molecular flexibility index (Phi) is 7.11. The summed E-state index contributed by atoms with van der Waals surface area (Å²) in [6.07, 6.45) is 5.80. The maximum absolute atomic E-state index is 13.2. The van der Waals surface area contributed by atoms with Crippen LogP contribution in [-0.2, 0) is 0 Å². The first-order valence-corrected chi connectivity index (χ1v) is 8.60. The number of amidine groups is 1. The molecule has 5 nitrogen and oxygen atoms in total. The van der Waals surface area contributed by atoms with Gasteiger partial charge >= 0.3 is 0 Å². The standard InChI is InChI=1S/C21H24FN3O2/c1-5-6-9-23-21(25-12-14(2)26)18-10-16(11-20(27-4)15(18)3)19-8-7-17(22)13-24-19/h6-11,13,26H,2,5,12H2,1,3-4H3,(H,23,25)/b9-6+. The molecular weight excluding hydrogens is 345 g/mol. The van der Waals surface area contributed by atoms with E-state index in [1.165, 1.54) is 12.3 Å². The van der Waals surface area contributed by atoms with Gasteiger partial charge in [-0.25, -0.2) is 4.39 Å². The van der Waals surface area contributed by atoms with Crippen LogP contribution in [0.3, 0.4) is 0 Å². The zero-order valence-corrected chi connectivity index (χ0v) is 15.8. The third kappa shape index (κ3) is 5.41. The van der Waals surface area contributed by atoms with Crippen LogP contribution in [0, 0.1) is 12.7 Å². The quantitative estimate of drug-likeness (QED) is 0.427. The van der Waals surface area contributed by atoms with E-state index in [9.17, 15) is 9.50 Å². The molecule has 0 aliphatic rings. The van der Waals surface area contributed by atoms with E-state index >= 15 is 0 Å². The van der Waals surface area contributed by atoms with Crippen molar-refractivity contribution in [1.29, 1.82) is 0 Å². The molecular formula is C21H24FN3O2. The van der Waals surface area contributed by atoms with E-state index in [2.05, 4.69) is 21.9 Å². The zero-order chi connectivity index (χ0) is 19.8. The second-order valence-electron chi connectivity index (χ2n) is 5.90. The molecule has 2 N–H and O–H groups in total. The average molecular weight is 369 g/mol. The number of nitrogens with zero attached hydrogens (tertiary/aromatic N) is 2. The summed E-state index contributed by atoms with van der Waals surface area (Å²) >= 11 is 0. The zero-order valence-electron chi connectivity index (χ0n) is 15.8. The summed E-state index contributed by atoms with van der Waals surface area (Å²) in [5.74, 6) is 0.794. The van der Waals surface area contributed by atoms with Crippen molar-refractivity contribution in [2.45, 2.75) is 20.3 Å². The smallest absolute Gasteiger partial charge is 0.141 e. The van der Waals surface area contributed by atoms with Gasteiger partial charge in [0.1, 0.15) is 23.2 Å². The van der Waals surface area contributed by atoms with Gasteiger partial charge in [-0.1, -0.05) is 19.6 Å². The minimum absolute atomic E-state index is 0.0326. The van der Waals surface area contributed by atoms with Gasteiger partial charge in [0.15, 0.2) is 0 Å². The highest BCUT2D eigenvalue weighted by Gasteiger charge is 2.14. The molecule has 2 aromatic rings. The van der Waals surface area contributed by atoms with Crippen LogP contribution in [0.25, 0.3) is 11.3 Å². The lowest BCUT2D eigenvalue weighted by atomic mass is 10.0. The normalized spacial score (nSPS) is 11.6. The van der Waals surface area contributed by atoms with Crippen molar-refractivity contribution >= 4 is 5.84 Å². The molecule has 0 atom stereocenters. The van der Waals surface area contributed by atoms with Crippen LogP contribution in [0.15, 0.2) is 60.1 Å². The van der Waals surface area contributed by atoms with Crippen molar-refractivity contribution in [2.24, 2.45) is 4.99 Å². The Hall–Kier alpha value is -3.15. The van der Waals surface area contributed by atoms with Crippen molar-refractivity contribution in [3.8, 4) is 17.0 Å². The Bertz CT molecular complexity index is 858.